The fourth-order valence-corrected chi connectivity index (χ4v) is 2.43. The maximum absolute atomic E-state index is 5.74. The Labute approximate surface area is 111 Å². The van der Waals surface area contributed by atoms with Crippen LogP contribution in [0.15, 0.2) is 24.4 Å². The number of methoxy groups -OCH3 is 1. The van der Waals surface area contributed by atoms with E-state index in [1.165, 1.54) is 0 Å². The standard InChI is InChI=1S/C13H18N2O2S/c1-13(2,3)17-12(16-4)15-10-8-9-6-5-7-14-11(9)18-10/h5-8,12,15H,1-4H3. The van der Waals surface area contributed by atoms with E-state index < -0.39 is 6.41 Å². The third kappa shape index (κ3) is 3.41. The number of nitrogens with zero attached hydrogens (tertiary/aromatic N) is 1. The largest absolute Gasteiger partial charge is 0.339 e. The van der Waals surface area contributed by atoms with Crippen LogP contribution in [0.3, 0.4) is 0 Å². The zero-order chi connectivity index (χ0) is 13.2. The molecule has 4 nitrogen and oxygen atoms in total. The Hall–Kier alpha value is -1.17. The van der Waals surface area contributed by atoms with Gasteiger partial charge < -0.3 is 14.8 Å². The lowest BCUT2D eigenvalue weighted by Crippen LogP contribution is -2.33. The highest BCUT2D eigenvalue weighted by Gasteiger charge is 2.18. The van der Waals surface area contributed by atoms with E-state index in [4.69, 9.17) is 9.47 Å². The summed E-state index contributed by atoms with van der Waals surface area (Å²) in [5.41, 5.74) is -0.261. The first-order valence-corrected chi connectivity index (χ1v) is 6.61. The van der Waals surface area contributed by atoms with Crippen molar-refractivity contribution in [3.63, 3.8) is 0 Å². The van der Waals surface area contributed by atoms with Crippen LogP contribution in [0.4, 0.5) is 5.00 Å². The van der Waals surface area contributed by atoms with Crippen molar-refractivity contribution >= 4 is 26.6 Å². The summed E-state index contributed by atoms with van der Waals surface area (Å²) >= 11 is 1.58. The van der Waals surface area contributed by atoms with E-state index in [1.54, 1.807) is 24.6 Å². The molecule has 98 valence electrons. The molecule has 18 heavy (non-hydrogen) atoms. The number of pyridine rings is 1. The molecule has 2 aromatic heterocycles. The highest BCUT2D eigenvalue weighted by molar-refractivity contribution is 7.22. The molecule has 0 saturated carbocycles. The van der Waals surface area contributed by atoms with E-state index >= 15 is 0 Å². The monoisotopic (exact) mass is 266 g/mol. The van der Waals surface area contributed by atoms with E-state index in [0.29, 0.717) is 0 Å². The fraction of sp³-hybridized carbons (Fsp3) is 0.462. The predicted molar refractivity (Wildman–Crippen MR) is 74.9 cm³/mol. The molecule has 0 saturated heterocycles. The number of hydrogen-bond acceptors (Lipinski definition) is 5. The first-order valence-electron chi connectivity index (χ1n) is 5.80. The molecule has 0 aliphatic rings. The quantitative estimate of drug-likeness (QED) is 0.861. The van der Waals surface area contributed by atoms with Gasteiger partial charge in [-0.15, -0.1) is 0 Å². The Morgan fingerprint density at radius 3 is 2.78 bits per heavy atom. The molecule has 2 rings (SSSR count). The molecule has 0 aromatic carbocycles. The molecule has 0 spiro atoms. The number of fused-ring (bicyclic) bond motifs is 1. The lowest BCUT2D eigenvalue weighted by atomic mass is 10.2. The Bertz CT molecular complexity index is 486. The Balaban J connectivity index is 2.11. The van der Waals surface area contributed by atoms with Crippen LogP contribution in [0.2, 0.25) is 0 Å². The third-order valence-electron chi connectivity index (χ3n) is 2.23. The van der Waals surface area contributed by atoms with E-state index in [1.807, 2.05) is 39.0 Å². The summed E-state index contributed by atoms with van der Waals surface area (Å²) in [6, 6.07) is 6.01. The van der Waals surface area contributed by atoms with Gasteiger partial charge >= 0.3 is 0 Å². The zero-order valence-electron chi connectivity index (χ0n) is 11.1. The normalized spacial score (nSPS) is 13.8. The van der Waals surface area contributed by atoms with Crippen molar-refractivity contribution in [3.05, 3.63) is 24.4 Å². The minimum absolute atomic E-state index is 0.261. The van der Waals surface area contributed by atoms with Crippen LogP contribution in [-0.4, -0.2) is 24.1 Å². The molecule has 1 N–H and O–H groups in total. The topological polar surface area (TPSA) is 43.4 Å². The molecule has 0 fully saturated rings. The Kier molecular flexibility index (Phi) is 3.85. The average Bonchev–Trinajstić information content (AvgIpc) is 2.68. The van der Waals surface area contributed by atoms with Gasteiger partial charge in [-0.05, 0) is 32.9 Å². The van der Waals surface area contributed by atoms with Crippen molar-refractivity contribution < 1.29 is 9.47 Å². The van der Waals surface area contributed by atoms with Gasteiger partial charge in [-0.2, -0.15) is 0 Å². The molecule has 0 bridgehead atoms. The van der Waals surface area contributed by atoms with Gasteiger partial charge in [0.05, 0.1) is 10.6 Å². The number of anilines is 1. The smallest absolute Gasteiger partial charge is 0.238 e. The lowest BCUT2D eigenvalue weighted by molar-refractivity contribution is -0.165. The molecule has 2 heterocycles. The van der Waals surface area contributed by atoms with Gasteiger partial charge in [0.25, 0.3) is 0 Å². The maximum atomic E-state index is 5.74. The molecule has 0 amide bonds. The lowest BCUT2D eigenvalue weighted by Gasteiger charge is -2.26. The summed E-state index contributed by atoms with van der Waals surface area (Å²) in [4.78, 5) is 5.31. The van der Waals surface area contributed by atoms with E-state index in [2.05, 4.69) is 10.3 Å². The van der Waals surface area contributed by atoms with Crippen molar-refractivity contribution in [1.29, 1.82) is 0 Å². The predicted octanol–water partition coefficient (Wildman–Crippen LogP) is 3.45. The average molecular weight is 266 g/mol. The minimum Gasteiger partial charge on any atom is -0.339 e. The molecular weight excluding hydrogens is 248 g/mol. The van der Waals surface area contributed by atoms with Crippen molar-refractivity contribution in [2.45, 2.75) is 32.8 Å². The molecule has 2 aromatic rings. The summed E-state index contributed by atoms with van der Waals surface area (Å²) in [6.07, 6.45) is 1.33. The highest BCUT2D eigenvalue weighted by atomic mass is 32.1. The van der Waals surface area contributed by atoms with Crippen molar-refractivity contribution in [2.24, 2.45) is 0 Å². The third-order valence-corrected chi connectivity index (χ3v) is 3.22. The van der Waals surface area contributed by atoms with Crippen molar-refractivity contribution in [2.75, 3.05) is 12.4 Å². The maximum Gasteiger partial charge on any atom is 0.238 e. The second kappa shape index (κ2) is 5.22. The minimum atomic E-state index is -0.460. The molecule has 0 aliphatic heterocycles. The summed E-state index contributed by atoms with van der Waals surface area (Å²) in [6.45, 7) is 5.98. The van der Waals surface area contributed by atoms with Crippen LogP contribution < -0.4 is 5.32 Å². The van der Waals surface area contributed by atoms with Gasteiger partial charge in [0, 0.05) is 18.7 Å². The highest BCUT2D eigenvalue weighted by Crippen LogP contribution is 2.28. The van der Waals surface area contributed by atoms with Gasteiger partial charge in [-0.3, -0.25) is 0 Å². The first kappa shape index (κ1) is 13.3. The van der Waals surface area contributed by atoms with E-state index in [9.17, 15) is 0 Å². The molecule has 1 unspecified atom stereocenters. The van der Waals surface area contributed by atoms with Gasteiger partial charge in [-0.1, -0.05) is 17.4 Å². The van der Waals surface area contributed by atoms with Gasteiger partial charge in [0.2, 0.25) is 6.41 Å². The number of ether oxygens (including phenoxy) is 2. The van der Waals surface area contributed by atoms with Crippen LogP contribution in [-0.2, 0) is 9.47 Å². The second-order valence-corrected chi connectivity index (χ2v) is 5.98. The number of nitrogens with one attached hydrogen (secondary N) is 1. The first-order chi connectivity index (χ1) is 8.48. The summed E-state index contributed by atoms with van der Waals surface area (Å²) < 4.78 is 11.0. The van der Waals surface area contributed by atoms with Crippen LogP contribution in [0.5, 0.6) is 0 Å². The van der Waals surface area contributed by atoms with Gasteiger partial charge in [-0.25, -0.2) is 4.98 Å². The van der Waals surface area contributed by atoms with Crippen LogP contribution >= 0.6 is 11.3 Å². The molecule has 5 heteroatoms. The molecule has 1 atom stereocenters. The number of aromatic nitrogens is 1. The molecule has 0 aliphatic carbocycles. The molecule has 0 radical (unpaired) electrons. The Morgan fingerprint density at radius 2 is 2.17 bits per heavy atom. The Morgan fingerprint density at radius 1 is 1.39 bits per heavy atom. The number of rotatable bonds is 4. The molecular formula is C13H18N2O2S. The van der Waals surface area contributed by atoms with Crippen molar-refractivity contribution in [1.82, 2.24) is 4.98 Å². The van der Waals surface area contributed by atoms with Gasteiger partial charge in [0.15, 0.2) is 0 Å². The number of thiophene rings is 1. The van der Waals surface area contributed by atoms with E-state index in [0.717, 1.165) is 15.2 Å². The fourth-order valence-electron chi connectivity index (χ4n) is 1.52. The van der Waals surface area contributed by atoms with Crippen LogP contribution in [0.25, 0.3) is 10.2 Å². The summed E-state index contributed by atoms with van der Waals surface area (Å²) in [7, 11) is 1.62. The number of hydrogen-bond donors (Lipinski definition) is 1. The SMILES string of the molecule is COC(Nc1cc2cccnc2s1)OC(C)(C)C. The second-order valence-electron chi connectivity index (χ2n) is 4.95. The summed E-state index contributed by atoms with van der Waals surface area (Å²) in [5.74, 6) is 0. The summed E-state index contributed by atoms with van der Waals surface area (Å²) in [5, 5.41) is 5.32. The van der Waals surface area contributed by atoms with E-state index in [-0.39, 0.29) is 5.60 Å². The van der Waals surface area contributed by atoms with Crippen LogP contribution in [0.1, 0.15) is 20.8 Å². The zero-order valence-corrected chi connectivity index (χ0v) is 11.9. The van der Waals surface area contributed by atoms with Gasteiger partial charge in [0.1, 0.15) is 4.83 Å². The van der Waals surface area contributed by atoms with Crippen molar-refractivity contribution in [3.8, 4) is 0 Å². The van der Waals surface area contributed by atoms with Crippen LogP contribution in [0, 0.1) is 0 Å².